The average molecular weight is 113 g/mol. The Hall–Kier alpha value is 0.140. The molecule has 0 unspecified atom stereocenters. The van der Waals surface area contributed by atoms with Crippen LogP contribution in [0.1, 0.15) is 6.92 Å². The van der Waals surface area contributed by atoms with Crippen LogP contribution in [0.25, 0.3) is 0 Å². The summed E-state index contributed by atoms with van der Waals surface area (Å²) in [6.45, 7) is 0.940. The molecule has 0 bridgehead atoms. The van der Waals surface area contributed by atoms with Crippen molar-refractivity contribution < 1.29 is 44.3 Å². The molecule has 0 heterocycles. The average Bonchev–Trinajstić information content (AvgIpc) is 1.36. The van der Waals surface area contributed by atoms with Crippen molar-refractivity contribution in [2.75, 3.05) is 0 Å². The summed E-state index contributed by atoms with van der Waals surface area (Å²) in [6.07, 6.45) is 0. The first kappa shape index (κ1) is 10.2. The van der Waals surface area contributed by atoms with Crippen molar-refractivity contribution in [2.24, 2.45) is 0 Å². The third-order valence-corrected chi connectivity index (χ3v) is 0.287. The first-order chi connectivity index (χ1) is 2.64. The van der Waals surface area contributed by atoms with E-state index in [1.54, 1.807) is 0 Å². The first-order valence-electron chi connectivity index (χ1n) is 1.36. The number of ketones is 1. The third-order valence-electron chi connectivity index (χ3n) is 0.287. The van der Waals surface area contributed by atoms with Crippen LogP contribution in [-0.4, -0.2) is 11.8 Å². The van der Waals surface area contributed by atoms with Crippen LogP contribution in [0.15, 0.2) is 0 Å². The van der Waals surface area contributed by atoms with Gasteiger partial charge in [0.25, 0.3) is 0 Å². The predicted octanol–water partition coefficient (Wildman–Crippen LogP) is -4.67. The van der Waals surface area contributed by atoms with Gasteiger partial charge in [-0.1, -0.05) is 0 Å². The van der Waals surface area contributed by atoms with Crippen molar-refractivity contribution in [3.05, 3.63) is 0 Å². The predicted molar refractivity (Wildman–Crippen MR) is 15.7 cm³/mol. The van der Waals surface area contributed by atoms with Gasteiger partial charge in [0.05, 0.1) is 0 Å². The Morgan fingerprint density at radius 3 is 1.57 bits per heavy atom. The van der Waals surface area contributed by atoms with E-state index in [1.165, 1.54) is 0 Å². The Morgan fingerprint density at radius 1 is 1.43 bits per heavy atom. The molecule has 0 fully saturated rings. The topological polar surface area (TPSA) is 57.2 Å². The van der Waals surface area contributed by atoms with Gasteiger partial charge in [-0.05, 0) is 0 Å². The largest absolute Gasteiger partial charge is 1.00 e. The van der Waals surface area contributed by atoms with Gasteiger partial charge in [0.15, 0.2) is 5.78 Å². The van der Waals surface area contributed by atoms with E-state index in [9.17, 15) is 14.7 Å². The summed E-state index contributed by atoms with van der Waals surface area (Å²) in [4.78, 5) is 18.7. The molecule has 0 aliphatic carbocycles. The second-order valence-electron chi connectivity index (χ2n) is 0.844. The molecular formula is C3H3NaO3. The molecule has 0 saturated heterocycles. The monoisotopic (exact) mass is 113 g/mol. The minimum atomic E-state index is -1.63. The number of carboxylic acids is 1. The number of hydrogen-bond acceptors (Lipinski definition) is 3. The zero-order chi connectivity index (χ0) is 5.15. The van der Waals surface area contributed by atoms with Crippen molar-refractivity contribution in [2.45, 2.75) is 6.92 Å². The Morgan fingerprint density at radius 2 is 1.57 bits per heavy atom. The normalized spacial score (nSPS) is 6.43. The fraction of sp³-hybridized carbons (Fsp3) is 0.333. The summed E-state index contributed by atoms with van der Waals surface area (Å²) < 4.78 is 0. The molecule has 0 aliphatic heterocycles. The van der Waals surface area contributed by atoms with Crippen LogP contribution in [-0.2, 0) is 9.59 Å². The van der Waals surface area contributed by atoms with Crippen LogP contribution in [0.2, 0.25) is 0 Å². The molecule has 0 radical (unpaired) electrons. The molecule has 7 heavy (non-hydrogen) atoms. The number of hydrogen-bond donors (Lipinski definition) is 0. The summed E-state index contributed by atoms with van der Waals surface area (Å²) in [5, 5.41) is 9.24. The van der Waals surface area contributed by atoms with E-state index in [0.29, 0.717) is 0 Å². The Kier molecular flexibility index (Phi) is 6.26. The Bertz CT molecular complexity index is 76.2. The molecule has 34 valence electrons. The Labute approximate surface area is 63.0 Å². The van der Waals surface area contributed by atoms with Crippen molar-refractivity contribution in [1.29, 1.82) is 0 Å². The number of carbonyl (C=O) groups is 2. The summed E-state index contributed by atoms with van der Waals surface area (Å²) in [5.74, 6) is -2.56. The van der Waals surface area contributed by atoms with Gasteiger partial charge in [0, 0.05) is 6.92 Å². The molecule has 0 atom stereocenters. The minimum Gasteiger partial charge on any atom is -0.542 e. The summed E-state index contributed by atoms with van der Waals surface area (Å²) in [7, 11) is 0. The molecule has 4 heteroatoms. The van der Waals surface area contributed by atoms with E-state index in [2.05, 4.69) is 0 Å². The summed E-state index contributed by atoms with van der Waals surface area (Å²) in [6, 6.07) is 0. The van der Waals surface area contributed by atoms with E-state index >= 15 is 0 Å². The molecule has 3 nitrogen and oxygen atoms in total. The van der Waals surface area contributed by atoms with Crippen LogP contribution in [0.5, 0.6) is 0 Å². The fourth-order valence-corrected chi connectivity index (χ4v) is 0. The molecular weight excluding hydrogens is 110 g/mol. The fourth-order valence-electron chi connectivity index (χ4n) is 0. The first-order valence-corrected chi connectivity index (χ1v) is 1.36. The van der Waals surface area contributed by atoms with Gasteiger partial charge in [0.2, 0.25) is 0 Å². The van der Waals surface area contributed by atoms with Gasteiger partial charge in [-0.2, -0.15) is 0 Å². The van der Waals surface area contributed by atoms with Crippen LogP contribution < -0.4 is 34.7 Å². The molecule has 0 aromatic heterocycles. The molecule has 0 aromatic rings. The van der Waals surface area contributed by atoms with E-state index in [0.717, 1.165) is 6.92 Å². The van der Waals surface area contributed by atoms with E-state index < -0.39 is 11.8 Å². The standard InChI is InChI=1S/C3H4O3.Na/c1-2(4)3(5)6;/h1H3,(H,5,6);/q;+1/p-1/i1+1,2+1,3+1;. The molecule has 0 saturated carbocycles. The van der Waals surface area contributed by atoms with Gasteiger partial charge in [0.1, 0.15) is 5.97 Å². The van der Waals surface area contributed by atoms with Gasteiger partial charge < -0.3 is 9.90 Å². The van der Waals surface area contributed by atoms with E-state index in [4.69, 9.17) is 0 Å². The second kappa shape index (κ2) is 4.30. The molecule has 0 rings (SSSR count). The molecule has 0 spiro atoms. The maximum Gasteiger partial charge on any atom is 1.00 e. The molecule has 0 amide bonds. The molecule has 0 aromatic carbocycles. The third kappa shape index (κ3) is 6.14. The quantitative estimate of drug-likeness (QED) is 0.195. The van der Waals surface area contributed by atoms with E-state index in [-0.39, 0.29) is 29.6 Å². The van der Waals surface area contributed by atoms with Crippen LogP contribution in [0, 0.1) is 0 Å². The van der Waals surface area contributed by atoms with Gasteiger partial charge >= 0.3 is 29.6 Å². The number of aliphatic carboxylic acids is 1. The van der Waals surface area contributed by atoms with Gasteiger partial charge in [-0.25, -0.2) is 0 Å². The minimum absolute atomic E-state index is 0. The zero-order valence-electron chi connectivity index (χ0n) is 4.22. The maximum atomic E-state index is 9.48. The van der Waals surface area contributed by atoms with E-state index in [1.807, 2.05) is 0 Å². The summed E-state index contributed by atoms with van der Waals surface area (Å²) >= 11 is 0. The summed E-state index contributed by atoms with van der Waals surface area (Å²) in [5.41, 5.74) is 0. The SMILES string of the molecule is [13CH3][13C](=O)[13C](=O)[O-].[Na+]. The maximum absolute atomic E-state index is 9.48. The molecule has 0 aliphatic rings. The smallest absolute Gasteiger partial charge is 0.542 e. The van der Waals surface area contributed by atoms with Crippen molar-refractivity contribution >= 4 is 11.8 Å². The number of rotatable bonds is 1. The van der Waals surface area contributed by atoms with Crippen molar-refractivity contribution in [3.8, 4) is 0 Å². The van der Waals surface area contributed by atoms with Crippen LogP contribution >= 0.6 is 0 Å². The second-order valence-corrected chi connectivity index (χ2v) is 0.844. The van der Waals surface area contributed by atoms with Crippen molar-refractivity contribution in [3.63, 3.8) is 0 Å². The van der Waals surface area contributed by atoms with Crippen LogP contribution in [0.3, 0.4) is 0 Å². The molecule has 0 N–H and O–H groups in total. The van der Waals surface area contributed by atoms with Gasteiger partial charge in [-0.3, -0.25) is 4.79 Å². The number of carbonyl (C=O) groups excluding carboxylic acids is 2. The van der Waals surface area contributed by atoms with Crippen LogP contribution in [0.4, 0.5) is 0 Å². The van der Waals surface area contributed by atoms with Crippen molar-refractivity contribution in [1.82, 2.24) is 0 Å². The number of carboxylic acid groups (broad SMARTS) is 1. The van der Waals surface area contributed by atoms with Gasteiger partial charge in [-0.15, -0.1) is 0 Å². The zero-order valence-corrected chi connectivity index (χ0v) is 6.22. The number of Topliss-reactive ketones (excluding diaryl/α,β-unsaturated/α-hetero) is 1. The Balaban J connectivity index is 0.